The molecule has 1 aliphatic rings. The fraction of sp³-hybridized carbons (Fsp3) is 0.111. The van der Waals surface area contributed by atoms with Crippen LogP contribution in [0.25, 0.3) is 0 Å². The lowest BCUT2D eigenvalue weighted by Crippen LogP contribution is -2.29. The van der Waals surface area contributed by atoms with E-state index in [1.807, 2.05) is 43.3 Å². The van der Waals surface area contributed by atoms with Gasteiger partial charge in [0.15, 0.2) is 5.69 Å². The molecule has 2 heterocycles. The molecule has 24 heavy (non-hydrogen) atoms. The first kappa shape index (κ1) is 15.0. The molecule has 0 saturated carbocycles. The second-order valence-electron chi connectivity index (χ2n) is 5.76. The first-order valence-corrected chi connectivity index (χ1v) is 8.28. The van der Waals surface area contributed by atoms with Crippen molar-refractivity contribution in [1.82, 2.24) is 10.2 Å². The van der Waals surface area contributed by atoms with E-state index in [2.05, 4.69) is 26.1 Å². The highest BCUT2D eigenvalue weighted by atomic mass is 79.9. The molecule has 2 N–H and O–H groups in total. The van der Waals surface area contributed by atoms with Crippen molar-refractivity contribution in [1.29, 1.82) is 0 Å². The minimum absolute atomic E-state index is 0.130. The van der Waals surface area contributed by atoms with Crippen molar-refractivity contribution in [2.45, 2.75) is 13.0 Å². The molecular weight excluding hydrogens is 370 g/mol. The molecule has 5 nitrogen and oxygen atoms in total. The van der Waals surface area contributed by atoms with Crippen molar-refractivity contribution in [3.8, 4) is 5.75 Å². The number of phenolic OH excluding ortho intramolecular Hbond substituents is 1. The number of benzene rings is 2. The van der Waals surface area contributed by atoms with Crippen molar-refractivity contribution in [2.75, 3.05) is 4.90 Å². The van der Waals surface area contributed by atoms with E-state index in [1.165, 1.54) is 0 Å². The number of hydrogen-bond acceptors (Lipinski definition) is 3. The van der Waals surface area contributed by atoms with E-state index < -0.39 is 0 Å². The van der Waals surface area contributed by atoms with Crippen molar-refractivity contribution in [2.24, 2.45) is 0 Å². The highest BCUT2D eigenvalue weighted by molar-refractivity contribution is 9.10. The van der Waals surface area contributed by atoms with Gasteiger partial charge in [0.25, 0.3) is 5.91 Å². The van der Waals surface area contributed by atoms with Gasteiger partial charge >= 0.3 is 0 Å². The number of aromatic hydroxyl groups is 1. The van der Waals surface area contributed by atoms with Crippen LogP contribution < -0.4 is 4.90 Å². The molecule has 1 atom stereocenters. The summed E-state index contributed by atoms with van der Waals surface area (Å²) in [6, 6.07) is 14.3. The Morgan fingerprint density at radius 2 is 1.79 bits per heavy atom. The van der Waals surface area contributed by atoms with Crippen molar-refractivity contribution in [3.63, 3.8) is 0 Å². The Labute approximate surface area is 147 Å². The van der Waals surface area contributed by atoms with Crippen molar-refractivity contribution >= 4 is 27.5 Å². The number of aromatic nitrogens is 2. The molecule has 2 aromatic carbocycles. The van der Waals surface area contributed by atoms with Gasteiger partial charge in [0.05, 0.1) is 6.04 Å². The normalized spacial score (nSPS) is 16.5. The molecule has 0 fully saturated rings. The summed E-state index contributed by atoms with van der Waals surface area (Å²) in [5.41, 5.74) is 3.93. The number of anilines is 1. The number of rotatable bonds is 2. The first-order chi connectivity index (χ1) is 11.6. The van der Waals surface area contributed by atoms with E-state index in [4.69, 9.17) is 0 Å². The Bertz CT molecular complexity index is 916. The fourth-order valence-electron chi connectivity index (χ4n) is 3.14. The van der Waals surface area contributed by atoms with Gasteiger partial charge in [-0.1, -0.05) is 28.1 Å². The molecule has 0 radical (unpaired) electrons. The van der Waals surface area contributed by atoms with E-state index in [0.29, 0.717) is 5.69 Å². The van der Waals surface area contributed by atoms with E-state index in [0.717, 1.165) is 27.0 Å². The summed E-state index contributed by atoms with van der Waals surface area (Å²) in [6.07, 6.45) is 0. The SMILES string of the molecule is Cc1[nH]nc2c1[C@H](c1ccc(O)cc1)N(c1ccc(Br)cc1)C2=O. The second kappa shape index (κ2) is 5.49. The smallest absolute Gasteiger partial charge is 0.279 e. The number of nitrogens with zero attached hydrogens (tertiary/aromatic N) is 2. The lowest BCUT2D eigenvalue weighted by Gasteiger charge is -2.26. The average Bonchev–Trinajstić information content (AvgIpc) is 3.09. The zero-order valence-electron chi connectivity index (χ0n) is 12.8. The van der Waals surface area contributed by atoms with Crippen LogP contribution in [0.5, 0.6) is 5.75 Å². The number of aromatic amines is 1. The molecule has 120 valence electrons. The minimum Gasteiger partial charge on any atom is -0.508 e. The standard InChI is InChI=1S/C18H14BrN3O2/c1-10-15-16(21-20-10)18(24)22(13-6-4-12(19)5-7-13)17(15)11-2-8-14(23)9-3-11/h2-9,17,23H,1H3,(H,20,21)/t17-/m0/s1. The molecule has 1 aliphatic heterocycles. The van der Waals surface area contributed by atoms with Crippen molar-refractivity contribution < 1.29 is 9.90 Å². The summed E-state index contributed by atoms with van der Waals surface area (Å²) >= 11 is 3.42. The molecule has 0 bridgehead atoms. The third kappa shape index (κ3) is 2.22. The zero-order chi connectivity index (χ0) is 16.8. The van der Waals surface area contributed by atoms with E-state index in [9.17, 15) is 9.90 Å². The van der Waals surface area contributed by atoms with Crippen LogP contribution in [0.4, 0.5) is 5.69 Å². The number of phenols is 1. The molecule has 0 spiro atoms. The molecule has 1 aromatic heterocycles. The molecule has 6 heteroatoms. The van der Waals surface area contributed by atoms with Gasteiger partial charge in [0, 0.05) is 21.4 Å². The number of H-pyrrole nitrogens is 1. The van der Waals surface area contributed by atoms with Gasteiger partial charge in [-0.2, -0.15) is 5.10 Å². The maximum atomic E-state index is 12.9. The van der Waals surface area contributed by atoms with Crippen LogP contribution in [0, 0.1) is 6.92 Å². The third-order valence-corrected chi connectivity index (χ3v) is 4.79. The monoisotopic (exact) mass is 383 g/mol. The minimum atomic E-state index is -0.270. The summed E-state index contributed by atoms with van der Waals surface area (Å²) < 4.78 is 0.952. The van der Waals surface area contributed by atoms with E-state index in [1.54, 1.807) is 17.0 Å². The average molecular weight is 384 g/mol. The summed E-state index contributed by atoms with van der Waals surface area (Å²) in [4.78, 5) is 14.7. The first-order valence-electron chi connectivity index (χ1n) is 7.49. The van der Waals surface area contributed by atoms with Gasteiger partial charge in [0.1, 0.15) is 5.75 Å². The van der Waals surface area contributed by atoms with Crippen LogP contribution in [0.1, 0.15) is 33.4 Å². The number of hydrogen-bond donors (Lipinski definition) is 2. The summed E-state index contributed by atoms with van der Waals surface area (Å²) in [6.45, 7) is 1.91. The highest BCUT2D eigenvalue weighted by Crippen LogP contribution is 2.42. The van der Waals surface area contributed by atoms with Gasteiger partial charge in [-0.3, -0.25) is 14.8 Å². The quantitative estimate of drug-likeness (QED) is 0.703. The molecular formula is C18H14BrN3O2. The van der Waals surface area contributed by atoms with E-state index >= 15 is 0 Å². The van der Waals surface area contributed by atoms with E-state index in [-0.39, 0.29) is 17.7 Å². The van der Waals surface area contributed by atoms with Gasteiger partial charge < -0.3 is 5.11 Å². The van der Waals surface area contributed by atoms with Crippen LogP contribution in [0.15, 0.2) is 53.0 Å². The lowest BCUT2D eigenvalue weighted by atomic mass is 9.99. The number of amides is 1. The van der Waals surface area contributed by atoms with Crippen LogP contribution in [0.2, 0.25) is 0 Å². The second-order valence-corrected chi connectivity index (χ2v) is 6.67. The maximum Gasteiger partial charge on any atom is 0.279 e. The highest BCUT2D eigenvalue weighted by Gasteiger charge is 2.42. The fourth-order valence-corrected chi connectivity index (χ4v) is 3.40. The van der Waals surface area contributed by atoms with Gasteiger partial charge in [-0.05, 0) is 48.9 Å². The number of carbonyl (C=O) groups is 1. The number of carbonyl (C=O) groups excluding carboxylic acids is 1. The van der Waals surface area contributed by atoms with Crippen LogP contribution in [-0.2, 0) is 0 Å². The maximum absolute atomic E-state index is 12.9. The number of fused-ring (bicyclic) bond motifs is 1. The van der Waals surface area contributed by atoms with Gasteiger partial charge in [0.2, 0.25) is 0 Å². The molecule has 0 unspecified atom stereocenters. The predicted octanol–water partition coefficient (Wildman–Crippen LogP) is 3.94. The topological polar surface area (TPSA) is 69.2 Å². The molecule has 1 amide bonds. The zero-order valence-corrected chi connectivity index (χ0v) is 14.4. The molecule has 3 aromatic rings. The van der Waals surface area contributed by atoms with Crippen LogP contribution in [-0.4, -0.2) is 21.2 Å². The Morgan fingerprint density at radius 1 is 1.12 bits per heavy atom. The number of halogens is 1. The van der Waals surface area contributed by atoms with Gasteiger partial charge in [-0.25, -0.2) is 0 Å². The molecule has 0 saturated heterocycles. The van der Waals surface area contributed by atoms with Crippen molar-refractivity contribution in [3.05, 3.63) is 75.5 Å². The van der Waals surface area contributed by atoms with Crippen LogP contribution in [0.3, 0.4) is 0 Å². The Hall–Kier alpha value is -2.60. The molecule has 4 rings (SSSR count). The Balaban J connectivity index is 1.89. The lowest BCUT2D eigenvalue weighted by molar-refractivity contribution is 0.0989. The number of aryl methyl sites for hydroxylation is 1. The molecule has 0 aliphatic carbocycles. The summed E-state index contributed by atoms with van der Waals surface area (Å²) in [5.74, 6) is 0.0668. The third-order valence-electron chi connectivity index (χ3n) is 4.26. The van der Waals surface area contributed by atoms with Gasteiger partial charge in [-0.15, -0.1) is 0 Å². The number of nitrogens with one attached hydrogen (secondary N) is 1. The Morgan fingerprint density at radius 3 is 2.46 bits per heavy atom. The van der Waals surface area contributed by atoms with Crippen LogP contribution >= 0.6 is 15.9 Å². The summed E-state index contributed by atoms with van der Waals surface area (Å²) in [7, 11) is 0. The predicted molar refractivity (Wildman–Crippen MR) is 94.2 cm³/mol. The Kier molecular flexibility index (Phi) is 3.42. The summed E-state index contributed by atoms with van der Waals surface area (Å²) in [5, 5.41) is 16.7. The largest absolute Gasteiger partial charge is 0.508 e.